The van der Waals surface area contributed by atoms with E-state index in [0.717, 1.165) is 0 Å². The Balaban J connectivity index is 1.64. The van der Waals surface area contributed by atoms with E-state index in [1.54, 1.807) is 12.1 Å². The molecule has 1 heterocycles. The van der Waals surface area contributed by atoms with E-state index < -0.39 is 52.0 Å². The molecule has 170 valence electrons. The highest BCUT2D eigenvalue weighted by Crippen LogP contribution is 2.52. The molecule has 3 aliphatic rings. The fourth-order valence-corrected chi connectivity index (χ4v) is 5.44. The molecule has 0 saturated heterocycles. The van der Waals surface area contributed by atoms with Crippen molar-refractivity contribution in [1.29, 1.82) is 0 Å². The number of amides is 1. The highest BCUT2D eigenvalue weighted by atomic mass is 16.3. The van der Waals surface area contributed by atoms with Crippen LogP contribution in [0.5, 0.6) is 5.75 Å². The number of Topliss-reactive ketones (excluding diaryl/α,β-unsaturated/α-hetero) is 2. The molecule has 6 N–H and O–H groups in total. The number of nitrogens with zero attached hydrogens (tertiary/aromatic N) is 1. The predicted molar refractivity (Wildman–Crippen MR) is 115 cm³/mol. The van der Waals surface area contributed by atoms with Gasteiger partial charge in [-0.05, 0) is 36.5 Å². The zero-order valence-corrected chi connectivity index (χ0v) is 17.5. The van der Waals surface area contributed by atoms with Gasteiger partial charge in [0.2, 0.25) is 5.78 Å². The van der Waals surface area contributed by atoms with Crippen LogP contribution in [0.25, 0.3) is 5.76 Å². The van der Waals surface area contributed by atoms with Gasteiger partial charge in [0.15, 0.2) is 11.4 Å². The predicted octanol–water partition coefficient (Wildman–Crippen LogP) is 1.27. The maximum Gasteiger partial charge on any atom is 0.255 e. The lowest BCUT2D eigenvalue weighted by atomic mass is 9.59. The first-order valence-corrected chi connectivity index (χ1v) is 10.6. The van der Waals surface area contributed by atoms with E-state index in [9.17, 15) is 34.8 Å². The highest BCUT2D eigenvalue weighted by Gasteiger charge is 2.60. The first-order valence-electron chi connectivity index (χ1n) is 10.6. The lowest BCUT2D eigenvalue weighted by molar-refractivity contribution is -0.147. The van der Waals surface area contributed by atoms with Crippen molar-refractivity contribution in [3.8, 4) is 5.75 Å². The number of rotatable bonds is 3. The van der Waals surface area contributed by atoms with Gasteiger partial charge in [-0.15, -0.1) is 0 Å². The maximum absolute atomic E-state index is 13.5. The molecule has 33 heavy (non-hydrogen) atoms. The lowest BCUT2D eigenvalue weighted by Crippen LogP contribution is -2.58. The van der Waals surface area contributed by atoms with Crippen LogP contribution >= 0.6 is 0 Å². The Bertz CT molecular complexity index is 1290. The number of aromatic nitrogens is 1. The number of aliphatic hydroxyl groups is 3. The number of primary amides is 1. The zero-order valence-electron chi connectivity index (χ0n) is 17.5. The van der Waals surface area contributed by atoms with Crippen molar-refractivity contribution in [3.63, 3.8) is 0 Å². The standard InChI is InChI=1S/C24H22N2O7/c25-23(32)18-15(27)9-14-8-13-7-11-3-4-12(10-26-5-1-2-6-26)19(28)16(11)20(29)17(13)21(30)24(14,33)22(18)31/h1-6,13-14,28-29,31,33H,7-10H2,(H2,25,32)/t13?,14?,24-/m0/s1. The molecule has 1 aromatic heterocycles. The number of aromatic hydroxyl groups is 1. The molecular weight excluding hydrogens is 428 g/mol. The summed E-state index contributed by atoms with van der Waals surface area (Å²) in [6, 6.07) is 7.21. The largest absolute Gasteiger partial charge is 0.508 e. The number of nitrogens with two attached hydrogens (primary N) is 1. The first-order chi connectivity index (χ1) is 15.6. The average molecular weight is 450 g/mol. The van der Waals surface area contributed by atoms with Gasteiger partial charge in [0.05, 0.1) is 12.1 Å². The van der Waals surface area contributed by atoms with Crippen molar-refractivity contribution >= 4 is 23.2 Å². The molecule has 1 saturated carbocycles. The van der Waals surface area contributed by atoms with Crippen molar-refractivity contribution in [3.05, 3.63) is 70.3 Å². The van der Waals surface area contributed by atoms with E-state index in [1.165, 1.54) is 0 Å². The Labute approximate surface area is 188 Å². The van der Waals surface area contributed by atoms with Gasteiger partial charge in [-0.2, -0.15) is 0 Å². The van der Waals surface area contributed by atoms with Crippen LogP contribution in [0.15, 0.2) is 53.6 Å². The van der Waals surface area contributed by atoms with Gasteiger partial charge in [-0.1, -0.05) is 12.1 Å². The second kappa shape index (κ2) is 7.08. The third-order valence-electron chi connectivity index (χ3n) is 7.04. The summed E-state index contributed by atoms with van der Waals surface area (Å²) >= 11 is 0. The maximum atomic E-state index is 13.5. The normalized spacial score (nSPS) is 26.7. The Kier molecular flexibility index (Phi) is 4.51. The van der Waals surface area contributed by atoms with E-state index in [1.807, 2.05) is 29.1 Å². The highest BCUT2D eigenvalue weighted by molar-refractivity contribution is 6.22. The SMILES string of the molecule is NC(=O)C1=C(O)[C@@]2(O)C(=O)C3=C(O)c4c(ccc(Cn5cccc5)c4O)CC3CC2CC1=O. The fraction of sp³-hybridized carbons (Fsp3) is 0.292. The molecule has 1 fully saturated rings. The number of ketones is 2. The molecule has 0 radical (unpaired) electrons. The van der Waals surface area contributed by atoms with Crippen molar-refractivity contribution in [2.24, 2.45) is 17.6 Å². The van der Waals surface area contributed by atoms with Crippen molar-refractivity contribution < 1.29 is 34.8 Å². The van der Waals surface area contributed by atoms with Crippen LogP contribution < -0.4 is 5.73 Å². The van der Waals surface area contributed by atoms with E-state index in [0.29, 0.717) is 24.1 Å². The van der Waals surface area contributed by atoms with E-state index in [4.69, 9.17) is 5.73 Å². The number of hydrogen-bond donors (Lipinski definition) is 5. The molecule has 0 bridgehead atoms. The Morgan fingerprint density at radius 3 is 2.48 bits per heavy atom. The minimum atomic E-state index is -2.55. The van der Waals surface area contributed by atoms with Crippen LogP contribution in [-0.2, 0) is 27.3 Å². The van der Waals surface area contributed by atoms with Gasteiger partial charge in [0.1, 0.15) is 22.8 Å². The monoisotopic (exact) mass is 450 g/mol. The van der Waals surface area contributed by atoms with Crippen molar-refractivity contribution in [2.75, 3.05) is 0 Å². The van der Waals surface area contributed by atoms with Crippen molar-refractivity contribution in [2.45, 2.75) is 31.4 Å². The summed E-state index contributed by atoms with van der Waals surface area (Å²) in [5.41, 5.74) is 2.97. The number of phenols is 1. The summed E-state index contributed by atoms with van der Waals surface area (Å²) in [5, 5.41) is 43.8. The van der Waals surface area contributed by atoms with Crippen LogP contribution in [-0.4, -0.2) is 48.1 Å². The van der Waals surface area contributed by atoms with Gasteiger partial charge >= 0.3 is 0 Å². The molecular formula is C24H22N2O7. The second-order valence-electron chi connectivity index (χ2n) is 8.87. The third-order valence-corrected chi connectivity index (χ3v) is 7.04. The smallest absolute Gasteiger partial charge is 0.255 e. The number of phenolic OH excluding ortho intramolecular Hbond substituents is 1. The molecule has 5 rings (SSSR count). The average Bonchev–Trinajstić information content (AvgIpc) is 3.25. The molecule has 0 aliphatic heterocycles. The number of carbonyl (C=O) groups excluding carboxylic acids is 3. The second-order valence-corrected chi connectivity index (χ2v) is 8.87. The Hall–Kier alpha value is -3.85. The van der Waals surface area contributed by atoms with Gasteiger partial charge in [-0.3, -0.25) is 14.4 Å². The molecule has 3 aliphatic carbocycles. The number of carbonyl (C=O) groups is 3. The summed E-state index contributed by atoms with van der Waals surface area (Å²) in [7, 11) is 0. The molecule has 0 spiro atoms. The Morgan fingerprint density at radius 1 is 1.12 bits per heavy atom. The van der Waals surface area contributed by atoms with Gasteiger partial charge in [0.25, 0.3) is 5.91 Å². The summed E-state index contributed by atoms with van der Waals surface area (Å²) in [4.78, 5) is 37.5. The molecule has 2 aromatic rings. The quantitative estimate of drug-likeness (QED) is 0.440. The molecule has 9 heteroatoms. The summed E-state index contributed by atoms with van der Waals surface area (Å²) in [6.07, 6.45) is 3.73. The molecule has 1 aromatic carbocycles. The lowest BCUT2D eigenvalue weighted by Gasteiger charge is -2.46. The topological polar surface area (TPSA) is 163 Å². The number of benzene rings is 1. The van der Waals surface area contributed by atoms with E-state index in [2.05, 4.69) is 0 Å². The molecule has 1 amide bonds. The van der Waals surface area contributed by atoms with Gasteiger partial charge < -0.3 is 30.7 Å². The first kappa shape index (κ1) is 21.0. The van der Waals surface area contributed by atoms with Crippen LogP contribution in [0.3, 0.4) is 0 Å². The Morgan fingerprint density at radius 2 is 1.82 bits per heavy atom. The summed E-state index contributed by atoms with van der Waals surface area (Å²) < 4.78 is 1.84. The third kappa shape index (κ3) is 2.85. The minimum absolute atomic E-state index is 0.104. The number of hydrogen-bond acceptors (Lipinski definition) is 7. The molecule has 3 atom stereocenters. The van der Waals surface area contributed by atoms with Gasteiger partial charge in [0, 0.05) is 35.9 Å². The number of fused-ring (bicyclic) bond motifs is 3. The fourth-order valence-electron chi connectivity index (χ4n) is 5.44. The zero-order chi connectivity index (χ0) is 23.7. The van der Waals surface area contributed by atoms with E-state index >= 15 is 0 Å². The summed E-state index contributed by atoms with van der Waals surface area (Å²) in [6.45, 7) is 0.339. The van der Waals surface area contributed by atoms with Gasteiger partial charge in [-0.25, -0.2) is 0 Å². The minimum Gasteiger partial charge on any atom is -0.508 e. The molecule has 2 unspecified atom stereocenters. The van der Waals surface area contributed by atoms with Crippen molar-refractivity contribution in [1.82, 2.24) is 4.57 Å². The van der Waals surface area contributed by atoms with E-state index in [-0.39, 0.29) is 29.7 Å². The van der Waals surface area contributed by atoms with Crippen LogP contribution in [0.2, 0.25) is 0 Å². The molecule has 9 nitrogen and oxygen atoms in total. The number of aliphatic hydroxyl groups excluding tert-OH is 2. The van der Waals surface area contributed by atoms with Crippen LogP contribution in [0.4, 0.5) is 0 Å². The van der Waals surface area contributed by atoms with Crippen LogP contribution in [0, 0.1) is 11.8 Å². The van der Waals surface area contributed by atoms with Crippen LogP contribution in [0.1, 0.15) is 29.5 Å². The summed E-state index contributed by atoms with van der Waals surface area (Å²) in [5.74, 6) is -6.19.